The first-order chi connectivity index (χ1) is 7.16. The van der Waals surface area contributed by atoms with Crippen molar-refractivity contribution in [2.45, 2.75) is 19.4 Å². The fourth-order valence-electron chi connectivity index (χ4n) is 1.94. The molecule has 82 valence electrons. The zero-order valence-corrected chi connectivity index (χ0v) is 10.3. The second kappa shape index (κ2) is 4.49. The van der Waals surface area contributed by atoms with Crippen molar-refractivity contribution < 1.29 is 5.11 Å². The Morgan fingerprint density at radius 2 is 2.40 bits per heavy atom. The Labute approximate surface area is 98.3 Å². The third kappa shape index (κ3) is 2.49. The standard InChI is InChI=1S/C11H15BrN2O/c1-8(15)9-4-5-14(7-9)11-3-2-10(12)6-13-11/h2-3,6,8-9,15H,4-5,7H2,1H3. The Morgan fingerprint density at radius 3 is 2.93 bits per heavy atom. The lowest BCUT2D eigenvalue weighted by Gasteiger charge is -2.18. The molecule has 0 radical (unpaired) electrons. The van der Waals surface area contributed by atoms with Crippen LogP contribution >= 0.6 is 15.9 Å². The van der Waals surface area contributed by atoms with Gasteiger partial charge in [0.15, 0.2) is 0 Å². The number of hydrogen-bond acceptors (Lipinski definition) is 3. The van der Waals surface area contributed by atoms with E-state index in [4.69, 9.17) is 0 Å². The SMILES string of the molecule is CC(O)C1CCN(c2ccc(Br)cn2)C1. The molecular formula is C11H15BrN2O. The van der Waals surface area contributed by atoms with Crippen LogP contribution in [0.25, 0.3) is 0 Å². The van der Waals surface area contributed by atoms with Gasteiger partial charge < -0.3 is 10.0 Å². The molecule has 2 heterocycles. The molecule has 0 spiro atoms. The van der Waals surface area contributed by atoms with Crippen LogP contribution in [0.2, 0.25) is 0 Å². The van der Waals surface area contributed by atoms with Crippen molar-refractivity contribution in [1.82, 2.24) is 4.98 Å². The molecule has 1 fully saturated rings. The first-order valence-corrected chi connectivity index (χ1v) is 6.00. The topological polar surface area (TPSA) is 36.4 Å². The van der Waals surface area contributed by atoms with Gasteiger partial charge >= 0.3 is 0 Å². The monoisotopic (exact) mass is 270 g/mol. The number of aliphatic hydroxyl groups is 1. The minimum absolute atomic E-state index is 0.217. The van der Waals surface area contributed by atoms with Gasteiger partial charge in [0.1, 0.15) is 5.82 Å². The van der Waals surface area contributed by atoms with Crippen molar-refractivity contribution in [3.05, 3.63) is 22.8 Å². The molecule has 0 bridgehead atoms. The molecule has 0 aliphatic carbocycles. The molecule has 1 aliphatic heterocycles. The molecule has 1 N–H and O–H groups in total. The van der Waals surface area contributed by atoms with Crippen molar-refractivity contribution in [2.75, 3.05) is 18.0 Å². The van der Waals surface area contributed by atoms with E-state index in [-0.39, 0.29) is 6.10 Å². The number of pyridine rings is 1. The quantitative estimate of drug-likeness (QED) is 0.894. The fourth-order valence-corrected chi connectivity index (χ4v) is 2.18. The fraction of sp³-hybridized carbons (Fsp3) is 0.545. The van der Waals surface area contributed by atoms with Gasteiger partial charge in [-0.05, 0) is 41.4 Å². The van der Waals surface area contributed by atoms with Crippen LogP contribution < -0.4 is 4.90 Å². The van der Waals surface area contributed by atoms with Crippen LogP contribution in [-0.2, 0) is 0 Å². The molecule has 1 aliphatic rings. The Balaban J connectivity index is 2.04. The summed E-state index contributed by atoms with van der Waals surface area (Å²) in [6.45, 7) is 3.76. The molecule has 1 aromatic rings. The summed E-state index contributed by atoms with van der Waals surface area (Å²) in [4.78, 5) is 6.58. The predicted molar refractivity (Wildman–Crippen MR) is 63.9 cm³/mol. The van der Waals surface area contributed by atoms with Crippen molar-refractivity contribution in [3.8, 4) is 0 Å². The highest BCUT2D eigenvalue weighted by Gasteiger charge is 2.26. The number of aliphatic hydroxyl groups excluding tert-OH is 1. The van der Waals surface area contributed by atoms with Crippen molar-refractivity contribution in [3.63, 3.8) is 0 Å². The average molecular weight is 271 g/mol. The van der Waals surface area contributed by atoms with E-state index in [1.807, 2.05) is 25.3 Å². The normalized spacial score (nSPS) is 23.1. The molecule has 2 rings (SSSR count). The number of halogens is 1. The van der Waals surface area contributed by atoms with Gasteiger partial charge in [-0.3, -0.25) is 0 Å². The van der Waals surface area contributed by atoms with Crippen LogP contribution in [-0.4, -0.2) is 29.3 Å². The van der Waals surface area contributed by atoms with Gasteiger partial charge in [-0.2, -0.15) is 0 Å². The smallest absolute Gasteiger partial charge is 0.128 e. The minimum Gasteiger partial charge on any atom is -0.393 e. The lowest BCUT2D eigenvalue weighted by molar-refractivity contribution is 0.136. The van der Waals surface area contributed by atoms with E-state index in [2.05, 4.69) is 25.8 Å². The van der Waals surface area contributed by atoms with Crippen molar-refractivity contribution in [1.29, 1.82) is 0 Å². The predicted octanol–water partition coefficient (Wildman–Crippen LogP) is 2.05. The summed E-state index contributed by atoms with van der Waals surface area (Å²) >= 11 is 3.37. The van der Waals surface area contributed by atoms with Crippen LogP contribution in [0.3, 0.4) is 0 Å². The van der Waals surface area contributed by atoms with Gasteiger partial charge in [0, 0.05) is 29.7 Å². The zero-order valence-electron chi connectivity index (χ0n) is 8.73. The van der Waals surface area contributed by atoms with Gasteiger partial charge in [-0.25, -0.2) is 4.98 Å². The molecule has 1 saturated heterocycles. The van der Waals surface area contributed by atoms with Crippen LogP contribution in [0.15, 0.2) is 22.8 Å². The van der Waals surface area contributed by atoms with Crippen LogP contribution in [0, 0.1) is 5.92 Å². The largest absolute Gasteiger partial charge is 0.393 e. The Morgan fingerprint density at radius 1 is 1.60 bits per heavy atom. The number of nitrogens with zero attached hydrogens (tertiary/aromatic N) is 2. The highest BCUT2D eigenvalue weighted by atomic mass is 79.9. The van der Waals surface area contributed by atoms with E-state index in [1.165, 1.54) is 0 Å². The Bertz CT molecular complexity index is 326. The molecule has 2 unspecified atom stereocenters. The molecule has 4 heteroatoms. The Kier molecular flexibility index (Phi) is 3.26. The summed E-state index contributed by atoms with van der Waals surface area (Å²) in [5, 5.41) is 9.51. The highest BCUT2D eigenvalue weighted by molar-refractivity contribution is 9.10. The van der Waals surface area contributed by atoms with Gasteiger partial charge in [0.05, 0.1) is 6.10 Å². The first kappa shape index (κ1) is 10.9. The first-order valence-electron chi connectivity index (χ1n) is 5.21. The van der Waals surface area contributed by atoms with Crippen LogP contribution in [0.1, 0.15) is 13.3 Å². The molecular weight excluding hydrogens is 256 g/mol. The van der Waals surface area contributed by atoms with E-state index in [0.717, 1.165) is 29.8 Å². The van der Waals surface area contributed by atoms with Gasteiger partial charge in [0.2, 0.25) is 0 Å². The number of rotatable bonds is 2. The number of aromatic nitrogens is 1. The van der Waals surface area contributed by atoms with Crippen LogP contribution in [0.5, 0.6) is 0 Å². The van der Waals surface area contributed by atoms with E-state index in [0.29, 0.717) is 5.92 Å². The van der Waals surface area contributed by atoms with Crippen molar-refractivity contribution >= 4 is 21.7 Å². The average Bonchev–Trinajstić information content (AvgIpc) is 2.68. The summed E-state index contributed by atoms with van der Waals surface area (Å²) in [6, 6.07) is 4.01. The molecule has 0 amide bonds. The van der Waals surface area contributed by atoms with E-state index in [1.54, 1.807) is 0 Å². The van der Waals surface area contributed by atoms with Crippen molar-refractivity contribution in [2.24, 2.45) is 5.92 Å². The molecule has 15 heavy (non-hydrogen) atoms. The highest BCUT2D eigenvalue weighted by Crippen LogP contribution is 2.24. The maximum absolute atomic E-state index is 9.51. The summed E-state index contributed by atoms with van der Waals surface area (Å²) < 4.78 is 0.998. The molecule has 0 aromatic carbocycles. The third-order valence-electron chi connectivity index (χ3n) is 2.94. The molecule has 3 nitrogen and oxygen atoms in total. The maximum Gasteiger partial charge on any atom is 0.128 e. The van der Waals surface area contributed by atoms with Gasteiger partial charge in [-0.1, -0.05) is 0 Å². The van der Waals surface area contributed by atoms with E-state index >= 15 is 0 Å². The Hall–Kier alpha value is -0.610. The second-order valence-electron chi connectivity index (χ2n) is 4.07. The zero-order chi connectivity index (χ0) is 10.8. The summed E-state index contributed by atoms with van der Waals surface area (Å²) in [5.41, 5.74) is 0. The second-order valence-corrected chi connectivity index (χ2v) is 4.99. The lowest BCUT2D eigenvalue weighted by Crippen LogP contribution is -2.24. The lowest BCUT2D eigenvalue weighted by atomic mass is 10.0. The van der Waals surface area contributed by atoms with E-state index < -0.39 is 0 Å². The maximum atomic E-state index is 9.51. The molecule has 2 atom stereocenters. The van der Waals surface area contributed by atoms with Crippen LogP contribution in [0.4, 0.5) is 5.82 Å². The third-order valence-corrected chi connectivity index (χ3v) is 3.41. The van der Waals surface area contributed by atoms with E-state index in [9.17, 15) is 5.11 Å². The van der Waals surface area contributed by atoms with Gasteiger partial charge in [-0.15, -0.1) is 0 Å². The summed E-state index contributed by atoms with van der Waals surface area (Å²) in [7, 11) is 0. The molecule has 1 aromatic heterocycles. The number of hydrogen-bond donors (Lipinski definition) is 1. The molecule has 0 saturated carbocycles. The minimum atomic E-state index is -0.217. The number of anilines is 1. The summed E-state index contributed by atoms with van der Waals surface area (Å²) in [5.74, 6) is 1.39. The van der Waals surface area contributed by atoms with Gasteiger partial charge in [0.25, 0.3) is 0 Å². The summed E-state index contributed by atoms with van der Waals surface area (Å²) in [6.07, 6.45) is 2.64.